The second-order valence-corrected chi connectivity index (χ2v) is 8.75. The summed E-state index contributed by atoms with van der Waals surface area (Å²) in [5.74, 6) is 0. The first-order valence-electron chi connectivity index (χ1n) is 5.79. The lowest BCUT2D eigenvalue weighted by atomic mass is 10.2. The van der Waals surface area contributed by atoms with Crippen molar-refractivity contribution in [3.8, 4) is 0 Å². The molecule has 0 unspecified atom stereocenters. The fourth-order valence-electron chi connectivity index (χ4n) is 1.41. The summed E-state index contributed by atoms with van der Waals surface area (Å²) >= 11 is 9.34. The summed E-state index contributed by atoms with van der Waals surface area (Å²) in [5, 5.41) is 0. The third-order valence-corrected chi connectivity index (χ3v) is 6.70. The van der Waals surface area contributed by atoms with Crippen molar-refractivity contribution in [1.29, 1.82) is 0 Å². The van der Waals surface area contributed by atoms with Gasteiger partial charge in [0.1, 0.15) is 4.21 Å². The van der Waals surface area contributed by atoms with Crippen LogP contribution in [0.3, 0.4) is 0 Å². The standard InChI is InChI=1S/C11H17ClINO2S2/c1-9-8-10(17-11(9)12)18(15,16)14-7-5-3-2-4-6-13/h8,14H,2-7H2,1H3. The SMILES string of the molecule is Cc1cc(S(=O)(=O)NCCCCCCI)sc1Cl. The van der Waals surface area contributed by atoms with Crippen molar-refractivity contribution in [3.05, 3.63) is 16.0 Å². The summed E-state index contributed by atoms with van der Waals surface area (Å²) in [6, 6.07) is 1.62. The van der Waals surface area contributed by atoms with Crippen LogP contribution in [0.2, 0.25) is 4.34 Å². The summed E-state index contributed by atoms with van der Waals surface area (Å²) in [6.45, 7) is 2.31. The topological polar surface area (TPSA) is 46.2 Å². The van der Waals surface area contributed by atoms with Crippen molar-refractivity contribution < 1.29 is 8.42 Å². The Kier molecular flexibility index (Phi) is 7.45. The maximum Gasteiger partial charge on any atom is 0.250 e. The minimum Gasteiger partial charge on any atom is -0.210 e. The van der Waals surface area contributed by atoms with Crippen molar-refractivity contribution in [2.45, 2.75) is 36.8 Å². The van der Waals surface area contributed by atoms with Crippen molar-refractivity contribution in [2.24, 2.45) is 0 Å². The molecule has 0 spiro atoms. The van der Waals surface area contributed by atoms with Crippen LogP contribution in [0.4, 0.5) is 0 Å². The number of hydrogen-bond acceptors (Lipinski definition) is 3. The van der Waals surface area contributed by atoms with Crippen molar-refractivity contribution in [3.63, 3.8) is 0 Å². The van der Waals surface area contributed by atoms with E-state index in [2.05, 4.69) is 27.3 Å². The highest BCUT2D eigenvalue weighted by Crippen LogP contribution is 2.29. The Hall–Kier alpha value is 0.630. The predicted molar refractivity (Wildman–Crippen MR) is 86.6 cm³/mol. The van der Waals surface area contributed by atoms with E-state index in [1.54, 1.807) is 6.07 Å². The molecule has 0 amide bonds. The lowest BCUT2D eigenvalue weighted by Crippen LogP contribution is -2.23. The van der Waals surface area contributed by atoms with E-state index in [9.17, 15) is 8.42 Å². The number of hydrogen-bond donors (Lipinski definition) is 1. The van der Waals surface area contributed by atoms with E-state index in [1.807, 2.05) is 6.92 Å². The van der Waals surface area contributed by atoms with Gasteiger partial charge in [-0.3, -0.25) is 0 Å². The van der Waals surface area contributed by atoms with Gasteiger partial charge in [-0.2, -0.15) is 0 Å². The molecular weight excluding hydrogens is 405 g/mol. The summed E-state index contributed by atoms with van der Waals surface area (Å²) in [5.41, 5.74) is 0.809. The third-order valence-electron chi connectivity index (χ3n) is 2.45. The Morgan fingerprint density at radius 3 is 2.56 bits per heavy atom. The summed E-state index contributed by atoms with van der Waals surface area (Å²) in [6.07, 6.45) is 4.31. The molecule has 0 saturated carbocycles. The van der Waals surface area contributed by atoms with Gasteiger partial charge in [-0.15, -0.1) is 11.3 Å². The first-order chi connectivity index (χ1) is 8.47. The van der Waals surface area contributed by atoms with Gasteiger partial charge in [-0.1, -0.05) is 47.0 Å². The lowest BCUT2D eigenvalue weighted by molar-refractivity contribution is 0.576. The van der Waals surface area contributed by atoms with Gasteiger partial charge in [0.15, 0.2) is 0 Å². The fourth-order valence-corrected chi connectivity index (χ4v) is 4.78. The zero-order chi connectivity index (χ0) is 13.6. The molecule has 0 atom stereocenters. The van der Waals surface area contributed by atoms with Gasteiger partial charge in [0.05, 0.1) is 4.34 Å². The van der Waals surface area contributed by atoms with E-state index >= 15 is 0 Å². The molecule has 0 fully saturated rings. The molecule has 1 aromatic heterocycles. The van der Waals surface area contributed by atoms with Gasteiger partial charge in [0.2, 0.25) is 10.0 Å². The Morgan fingerprint density at radius 1 is 1.33 bits per heavy atom. The van der Waals surface area contributed by atoms with Crippen molar-refractivity contribution >= 4 is 55.6 Å². The monoisotopic (exact) mass is 421 g/mol. The molecule has 18 heavy (non-hydrogen) atoms. The number of thiophene rings is 1. The van der Waals surface area contributed by atoms with Crippen molar-refractivity contribution in [1.82, 2.24) is 4.72 Å². The Bertz CT molecular complexity index is 454. The lowest BCUT2D eigenvalue weighted by Gasteiger charge is -2.04. The van der Waals surface area contributed by atoms with Gasteiger partial charge in [0.25, 0.3) is 0 Å². The van der Waals surface area contributed by atoms with E-state index in [4.69, 9.17) is 11.6 Å². The van der Waals surface area contributed by atoms with E-state index in [-0.39, 0.29) is 0 Å². The number of sulfonamides is 1. The maximum atomic E-state index is 11.9. The average molecular weight is 422 g/mol. The van der Waals surface area contributed by atoms with Crippen LogP contribution in [-0.2, 0) is 10.0 Å². The summed E-state index contributed by atoms with van der Waals surface area (Å²) in [7, 11) is -3.37. The first-order valence-corrected chi connectivity index (χ1v) is 9.99. The molecule has 1 rings (SSSR count). The van der Waals surface area contributed by atoms with Crippen LogP contribution in [0.25, 0.3) is 0 Å². The molecular formula is C11H17ClINO2S2. The number of unbranched alkanes of at least 4 members (excludes halogenated alkanes) is 3. The second kappa shape index (κ2) is 8.04. The second-order valence-electron chi connectivity index (χ2n) is 4.02. The minimum absolute atomic E-state index is 0.303. The molecule has 1 heterocycles. The zero-order valence-corrected chi connectivity index (χ0v) is 14.8. The van der Waals surface area contributed by atoms with Crippen LogP contribution >= 0.6 is 45.5 Å². The summed E-state index contributed by atoms with van der Waals surface area (Å²) in [4.78, 5) is 0. The van der Waals surface area contributed by atoms with E-state index in [0.717, 1.165) is 40.6 Å². The third kappa shape index (κ3) is 5.32. The fraction of sp³-hybridized carbons (Fsp3) is 0.636. The van der Waals surface area contributed by atoms with E-state index in [1.165, 1.54) is 6.42 Å². The van der Waals surface area contributed by atoms with Gasteiger partial charge >= 0.3 is 0 Å². The number of alkyl halides is 1. The Labute approximate surface area is 132 Å². The molecule has 0 aliphatic carbocycles. The molecule has 0 saturated heterocycles. The average Bonchev–Trinajstić information content (AvgIpc) is 2.65. The molecule has 3 nitrogen and oxygen atoms in total. The highest BCUT2D eigenvalue weighted by molar-refractivity contribution is 14.1. The molecule has 7 heteroatoms. The maximum absolute atomic E-state index is 11.9. The van der Waals surface area contributed by atoms with Crippen LogP contribution < -0.4 is 4.72 Å². The van der Waals surface area contributed by atoms with Crippen LogP contribution in [0, 0.1) is 6.92 Å². The van der Waals surface area contributed by atoms with Crippen molar-refractivity contribution in [2.75, 3.05) is 11.0 Å². The molecule has 1 aromatic rings. The zero-order valence-electron chi connectivity index (χ0n) is 10.2. The molecule has 0 aromatic carbocycles. The molecule has 0 radical (unpaired) electrons. The van der Waals surface area contributed by atoms with Gasteiger partial charge in [-0.05, 0) is 35.8 Å². The van der Waals surface area contributed by atoms with Crippen LogP contribution in [0.5, 0.6) is 0 Å². The predicted octanol–water partition coefficient (Wildman–Crippen LogP) is 3.98. The first kappa shape index (κ1) is 16.7. The van der Waals surface area contributed by atoms with E-state index in [0.29, 0.717) is 15.1 Å². The van der Waals surface area contributed by atoms with Gasteiger partial charge in [0, 0.05) is 6.54 Å². The largest absolute Gasteiger partial charge is 0.250 e. The molecule has 1 N–H and O–H groups in total. The van der Waals surface area contributed by atoms with Gasteiger partial charge < -0.3 is 0 Å². The molecule has 104 valence electrons. The highest BCUT2D eigenvalue weighted by Gasteiger charge is 2.17. The molecule has 0 aliphatic heterocycles. The number of aryl methyl sites for hydroxylation is 1. The number of halogens is 2. The van der Waals surface area contributed by atoms with Gasteiger partial charge in [-0.25, -0.2) is 13.1 Å². The normalized spacial score (nSPS) is 11.9. The van der Waals surface area contributed by atoms with Crippen LogP contribution in [0.1, 0.15) is 31.2 Å². The number of rotatable bonds is 8. The minimum atomic E-state index is -3.37. The Balaban J connectivity index is 2.41. The van der Waals surface area contributed by atoms with E-state index < -0.39 is 10.0 Å². The number of nitrogens with one attached hydrogen (secondary N) is 1. The molecule has 0 bridgehead atoms. The summed E-state index contributed by atoms with van der Waals surface area (Å²) < 4.78 is 28.5. The van der Waals surface area contributed by atoms with Crippen LogP contribution in [-0.4, -0.2) is 19.4 Å². The highest BCUT2D eigenvalue weighted by atomic mass is 127. The smallest absolute Gasteiger partial charge is 0.210 e. The Morgan fingerprint density at radius 2 is 2.00 bits per heavy atom. The van der Waals surface area contributed by atoms with Crippen LogP contribution in [0.15, 0.2) is 10.3 Å². The quantitative estimate of drug-likeness (QED) is 0.392. The molecule has 0 aliphatic rings.